The van der Waals surface area contributed by atoms with Gasteiger partial charge in [0.25, 0.3) is 0 Å². The van der Waals surface area contributed by atoms with Crippen molar-refractivity contribution in [1.29, 1.82) is 0 Å². The summed E-state index contributed by atoms with van der Waals surface area (Å²) in [7, 11) is 1.38. The zero-order valence-electron chi connectivity index (χ0n) is 38.0. The Balaban J connectivity index is 4.51. The van der Waals surface area contributed by atoms with Crippen molar-refractivity contribution >= 4 is 19.8 Å². The van der Waals surface area contributed by atoms with Gasteiger partial charge in [-0.1, -0.05) is 204 Å². The Morgan fingerprint density at radius 2 is 0.914 bits per heavy atom. The number of carbonyl (C=O) groups is 2. The van der Waals surface area contributed by atoms with E-state index in [9.17, 15) is 19.0 Å². The minimum Gasteiger partial charge on any atom is -0.458 e. The van der Waals surface area contributed by atoms with E-state index in [2.05, 4.69) is 13.8 Å². The highest BCUT2D eigenvalue weighted by Gasteiger charge is 2.26. The van der Waals surface area contributed by atoms with Crippen molar-refractivity contribution in [3.05, 3.63) is 48.6 Å². The molecule has 338 valence electrons. The van der Waals surface area contributed by atoms with E-state index in [-0.39, 0.29) is 13.2 Å². The van der Waals surface area contributed by atoms with Crippen LogP contribution < -0.4 is 0 Å². The Hall–Kier alpha value is -2.03. The molecule has 2 atom stereocenters. The van der Waals surface area contributed by atoms with Gasteiger partial charge in [0.15, 0.2) is 6.10 Å². The number of rotatable bonds is 42. The Labute approximate surface area is 356 Å². The standard InChI is InChI=1S/C48H88NO8P/c1-6-8-10-12-14-16-18-20-22-24-26-28-30-32-34-36-38-40-47(50)54-44-46(45-56-58(52,53)55-43-42-49(3,4)5)57-48(51)41-39-37-35-33-31-29-27-25-23-21-19-17-15-13-11-9-7-2/h34-41,46H,6-33,42-45H2,1-5H3/p+1/b36-34+,37-35+,40-38+,41-39+/t46-/m0/s1. The molecule has 0 radical (unpaired) electrons. The average Bonchev–Trinajstić information content (AvgIpc) is 3.17. The van der Waals surface area contributed by atoms with Crippen LogP contribution in [0.4, 0.5) is 0 Å². The molecule has 1 N–H and O–H groups in total. The lowest BCUT2D eigenvalue weighted by Crippen LogP contribution is -2.37. The van der Waals surface area contributed by atoms with E-state index in [0.29, 0.717) is 11.0 Å². The second kappa shape index (κ2) is 40.4. The summed E-state index contributed by atoms with van der Waals surface area (Å²) in [5.41, 5.74) is 0. The molecule has 0 heterocycles. The summed E-state index contributed by atoms with van der Waals surface area (Å²) in [6.07, 6.45) is 48.6. The second-order valence-corrected chi connectivity index (χ2v) is 18.4. The van der Waals surface area contributed by atoms with Gasteiger partial charge in [-0.25, -0.2) is 14.2 Å². The number of phosphoric ester groups is 1. The lowest BCUT2D eigenvalue weighted by atomic mass is 10.0. The third-order valence-corrected chi connectivity index (χ3v) is 11.0. The predicted molar refractivity (Wildman–Crippen MR) is 243 cm³/mol. The summed E-state index contributed by atoms with van der Waals surface area (Å²) in [5, 5.41) is 0. The summed E-state index contributed by atoms with van der Waals surface area (Å²) in [6.45, 7) is 4.18. The average molecular weight is 839 g/mol. The number of allylic oxidation sites excluding steroid dienone is 6. The molecule has 0 aromatic rings. The minimum atomic E-state index is -4.42. The first-order chi connectivity index (χ1) is 28.0. The molecule has 0 aromatic carbocycles. The molecule has 0 spiro atoms. The number of quaternary nitrogens is 1. The van der Waals surface area contributed by atoms with Gasteiger partial charge >= 0.3 is 19.8 Å². The first kappa shape index (κ1) is 56.0. The number of nitrogens with zero attached hydrogens (tertiary/aromatic N) is 1. The summed E-state index contributed by atoms with van der Waals surface area (Å²) in [4.78, 5) is 35.1. The highest BCUT2D eigenvalue weighted by atomic mass is 31.2. The van der Waals surface area contributed by atoms with Gasteiger partial charge in [-0.2, -0.15) is 0 Å². The van der Waals surface area contributed by atoms with E-state index in [1.54, 1.807) is 12.2 Å². The van der Waals surface area contributed by atoms with Gasteiger partial charge in [0.1, 0.15) is 19.8 Å². The zero-order valence-corrected chi connectivity index (χ0v) is 38.9. The molecule has 0 amide bonds. The van der Waals surface area contributed by atoms with Crippen LogP contribution in [0.25, 0.3) is 0 Å². The lowest BCUT2D eigenvalue weighted by Gasteiger charge is -2.24. The molecule has 0 bridgehead atoms. The van der Waals surface area contributed by atoms with Gasteiger partial charge in [0.05, 0.1) is 27.7 Å². The molecule has 0 fully saturated rings. The molecule has 0 aromatic heterocycles. The Bertz CT molecular complexity index is 1130. The smallest absolute Gasteiger partial charge is 0.458 e. The molecule has 0 aliphatic carbocycles. The Kier molecular flexibility index (Phi) is 39.0. The molecule has 9 nitrogen and oxygen atoms in total. The normalized spacial score (nSPS) is 14.0. The van der Waals surface area contributed by atoms with Crippen LogP contribution in [-0.4, -0.2) is 74.9 Å². The summed E-state index contributed by atoms with van der Waals surface area (Å²) in [6, 6.07) is 0. The Morgan fingerprint density at radius 3 is 1.31 bits per heavy atom. The van der Waals surface area contributed by atoms with E-state index in [4.69, 9.17) is 18.5 Å². The van der Waals surface area contributed by atoms with Gasteiger partial charge in [-0.15, -0.1) is 0 Å². The maximum absolute atomic E-state index is 12.6. The number of phosphoric acid groups is 1. The van der Waals surface area contributed by atoms with E-state index >= 15 is 0 Å². The molecule has 58 heavy (non-hydrogen) atoms. The zero-order chi connectivity index (χ0) is 42.8. The molecule has 0 rings (SSSR count). The van der Waals surface area contributed by atoms with Crippen LogP contribution in [0.2, 0.25) is 0 Å². The third kappa shape index (κ3) is 43.5. The van der Waals surface area contributed by atoms with Crippen molar-refractivity contribution in [2.45, 2.75) is 200 Å². The van der Waals surface area contributed by atoms with Crippen LogP contribution in [0.1, 0.15) is 194 Å². The van der Waals surface area contributed by atoms with Gasteiger partial charge in [0.2, 0.25) is 0 Å². The van der Waals surface area contributed by atoms with Crippen molar-refractivity contribution in [3.63, 3.8) is 0 Å². The van der Waals surface area contributed by atoms with Crippen LogP contribution in [0.15, 0.2) is 48.6 Å². The third-order valence-electron chi connectivity index (χ3n) is 10.0. The molecule has 0 aliphatic rings. The van der Waals surface area contributed by atoms with Gasteiger partial charge in [-0.05, 0) is 25.7 Å². The highest BCUT2D eigenvalue weighted by molar-refractivity contribution is 7.47. The number of hydrogen-bond acceptors (Lipinski definition) is 7. The lowest BCUT2D eigenvalue weighted by molar-refractivity contribution is -0.870. The molecule has 1 unspecified atom stereocenters. The first-order valence-corrected chi connectivity index (χ1v) is 24.9. The number of esters is 2. The van der Waals surface area contributed by atoms with E-state index in [1.165, 1.54) is 166 Å². The van der Waals surface area contributed by atoms with Crippen molar-refractivity contribution in [1.82, 2.24) is 0 Å². The second-order valence-electron chi connectivity index (χ2n) is 16.9. The molecule has 0 saturated heterocycles. The number of hydrogen-bond donors (Lipinski definition) is 1. The van der Waals surface area contributed by atoms with Gasteiger partial charge in [-0.3, -0.25) is 9.05 Å². The van der Waals surface area contributed by atoms with Crippen molar-refractivity contribution < 1.29 is 42.1 Å². The molecule has 0 aliphatic heterocycles. The quantitative estimate of drug-likeness (QED) is 0.0162. The fraction of sp³-hybridized carbons (Fsp3) is 0.792. The van der Waals surface area contributed by atoms with Gasteiger partial charge in [0, 0.05) is 12.2 Å². The number of likely N-dealkylation sites (N-methyl/N-ethyl adjacent to an activating group) is 1. The SMILES string of the molecule is CCCCCCCCCCCCCCC/C=C/C=C/C(=O)OC[C@@H](COP(=O)(O)OCC[N+](C)(C)C)OC(=O)/C=C/C=C/CCCCCCCCCCCCCCC. The minimum absolute atomic E-state index is 0.00275. The number of unbranched alkanes of at least 4 members (excludes halogenated alkanes) is 26. The van der Waals surface area contributed by atoms with Crippen molar-refractivity contribution in [2.75, 3.05) is 47.5 Å². The van der Waals surface area contributed by atoms with E-state index < -0.39 is 32.5 Å². The van der Waals surface area contributed by atoms with E-state index in [0.717, 1.165) is 25.7 Å². The molecule has 0 saturated carbocycles. The van der Waals surface area contributed by atoms with Crippen LogP contribution in [0, 0.1) is 0 Å². The predicted octanol–water partition coefficient (Wildman–Crippen LogP) is 13.5. The van der Waals surface area contributed by atoms with Crippen LogP contribution >= 0.6 is 7.82 Å². The molecule has 10 heteroatoms. The fourth-order valence-corrected chi connectivity index (χ4v) is 7.11. The van der Waals surface area contributed by atoms with Crippen molar-refractivity contribution in [3.8, 4) is 0 Å². The summed E-state index contributed by atoms with van der Waals surface area (Å²) < 4.78 is 33.9. The highest BCUT2D eigenvalue weighted by Crippen LogP contribution is 2.43. The number of ether oxygens (including phenoxy) is 2. The van der Waals surface area contributed by atoms with Crippen LogP contribution in [-0.2, 0) is 32.7 Å². The van der Waals surface area contributed by atoms with Crippen molar-refractivity contribution in [2.24, 2.45) is 0 Å². The summed E-state index contributed by atoms with van der Waals surface area (Å²) >= 11 is 0. The van der Waals surface area contributed by atoms with E-state index in [1.807, 2.05) is 45.4 Å². The van der Waals surface area contributed by atoms with Crippen LogP contribution in [0.5, 0.6) is 0 Å². The monoisotopic (exact) mass is 839 g/mol. The topological polar surface area (TPSA) is 108 Å². The maximum atomic E-state index is 12.6. The van der Waals surface area contributed by atoms with Crippen LogP contribution in [0.3, 0.4) is 0 Å². The molecular weight excluding hydrogens is 750 g/mol. The molecular formula is C48H89NO8P+. The Morgan fingerprint density at radius 1 is 0.534 bits per heavy atom. The largest absolute Gasteiger partial charge is 0.472 e. The summed E-state index contributed by atoms with van der Waals surface area (Å²) in [5.74, 6) is -1.30. The number of carbonyl (C=O) groups excluding carboxylic acids is 2. The van der Waals surface area contributed by atoms with Gasteiger partial charge < -0.3 is 18.9 Å². The maximum Gasteiger partial charge on any atom is 0.472 e. The fourth-order valence-electron chi connectivity index (χ4n) is 6.37. The first-order valence-electron chi connectivity index (χ1n) is 23.4.